The van der Waals surface area contributed by atoms with Gasteiger partial charge in [-0.3, -0.25) is 19.8 Å². The summed E-state index contributed by atoms with van der Waals surface area (Å²) in [5, 5.41) is 13.8. The zero-order valence-electron chi connectivity index (χ0n) is 16.5. The van der Waals surface area contributed by atoms with Gasteiger partial charge >= 0.3 is 0 Å². The molecule has 0 bridgehead atoms. The van der Waals surface area contributed by atoms with E-state index in [-0.39, 0.29) is 11.3 Å². The van der Waals surface area contributed by atoms with Crippen molar-refractivity contribution >= 4 is 17.3 Å². The number of piperazine rings is 1. The third-order valence-electron chi connectivity index (χ3n) is 5.09. The standard InChI is InChI=1S/C21H26N4O4/c1-29-18-9-7-17(8-10-18)24-15-13-23(14-16-24)12-4-11-22-21(26)19-5-2-3-6-20(19)25(27)28/h2-3,5-10H,4,11-16H2,1H3,(H,22,26). The topological polar surface area (TPSA) is 88.0 Å². The van der Waals surface area contributed by atoms with Crippen molar-refractivity contribution < 1.29 is 14.5 Å². The van der Waals surface area contributed by atoms with Gasteiger partial charge in [-0.05, 0) is 43.3 Å². The van der Waals surface area contributed by atoms with Gasteiger partial charge in [-0.1, -0.05) is 12.1 Å². The molecule has 1 amide bonds. The van der Waals surface area contributed by atoms with Crippen LogP contribution in [0.1, 0.15) is 16.8 Å². The molecule has 3 rings (SSSR count). The molecule has 0 radical (unpaired) electrons. The van der Waals surface area contributed by atoms with Gasteiger partial charge in [0.15, 0.2) is 0 Å². The number of amides is 1. The molecule has 154 valence electrons. The Labute approximate surface area is 170 Å². The maximum absolute atomic E-state index is 12.2. The minimum atomic E-state index is -0.531. The van der Waals surface area contributed by atoms with E-state index in [4.69, 9.17) is 4.74 Å². The lowest BCUT2D eigenvalue weighted by Crippen LogP contribution is -2.47. The van der Waals surface area contributed by atoms with E-state index in [2.05, 4.69) is 27.2 Å². The van der Waals surface area contributed by atoms with E-state index in [1.807, 2.05) is 12.1 Å². The van der Waals surface area contributed by atoms with E-state index in [0.717, 1.165) is 44.9 Å². The Balaban J connectivity index is 1.39. The number of methoxy groups -OCH3 is 1. The van der Waals surface area contributed by atoms with E-state index in [9.17, 15) is 14.9 Å². The SMILES string of the molecule is COc1ccc(N2CCN(CCCNC(=O)c3ccccc3[N+](=O)[O-])CC2)cc1. The largest absolute Gasteiger partial charge is 0.497 e. The van der Waals surface area contributed by atoms with Crippen LogP contribution in [-0.4, -0.2) is 62.1 Å². The first kappa shape index (κ1) is 20.6. The van der Waals surface area contributed by atoms with Crippen LogP contribution in [0.3, 0.4) is 0 Å². The summed E-state index contributed by atoms with van der Waals surface area (Å²) in [4.78, 5) is 27.4. The number of hydrogen-bond donors (Lipinski definition) is 1. The lowest BCUT2D eigenvalue weighted by molar-refractivity contribution is -0.385. The number of nitrogens with one attached hydrogen (secondary N) is 1. The molecule has 0 spiro atoms. The third-order valence-corrected chi connectivity index (χ3v) is 5.09. The zero-order valence-corrected chi connectivity index (χ0v) is 16.5. The normalized spacial score (nSPS) is 14.4. The highest BCUT2D eigenvalue weighted by Gasteiger charge is 2.19. The van der Waals surface area contributed by atoms with E-state index >= 15 is 0 Å². The van der Waals surface area contributed by atoms with Crippen LogP contribution in [0, 0.1) is 10.1 Å². The van der Waals surface area contributed by atoms with Crippen LogP contribution >= 0.6 is 0 Å². The Hall–Kier alpha value is -3.13. The van der Waals surface area contributed by atoms with Gasteiger partial charge < -0.3 is 15.0 Å². The molecule has 1 heterocycles. The van der Waals surface area contributed by atoms with Gasteiger partial charge in [0.2, 0.25) is 0 Å². The number of nitro benzene ring substituents is 1. The zero-order chi connectivity index (χ0) is 20.6. The number of nitro groups is 1. The summed E-state index contributed by atoms with van der Waals surface area (Å²) >= 11 is 0. The first-order valence-corrected chi connectivity index (χ1v) is 9.71. The van der Waals surface area contributed by atoms with Crippen LogP contribution in [0.25, 0.3) is 0 Å². The summed E-state index contributed by atoms with van der Waals surface area (Å²) in [6.07, 6.45) is 0.801. The summed E-state index contributed by atoms with van der Waals surface area (Å²) < 4.78 is 5.20. The molecule has 0 aromatic heterocycles. The fourth-order valence-electron chi connectivity index (χ4n) is 3.45. The van der Waals surface area contributed by atoms with Crippen LogP contribution in [0.4, 0.5) is 11.4 Å². The second kappa shape index (κ2) is 9.88. The van der Waals surface area contributed by atoms with Gasteiger partial charge in [0, 0.05) is 44.5 Å². The molecule has 1 aliphatic heterocycles. The van der Waals surface area contributed by atoms with Crippen LogP contribution in [0.2, 0.25) is 0 Å². The fourth-order valence-corrected chi connectivity index (χ4v) is 3.45. The van der Waals surface area contributed by atoms with E-state index < -0.39 is 10.8 Å². The van der Waals surface area contributed by atoms with Crippen LogP contribution in [0.15, 0.2) is 48.5 Å². The average molecular weight is 398 g/mol. The molecule has 0 saturated carbocycles. The second-order valence-electron chi connectivity index (χ2n) is 6.91. The second-order valence-corrected chi connectivity index (χ2v) is 6.91. The van der Waals surface area contributed by atoms with E-state index in [1.54, 1.807) is 19.2 Å². The van der Waals surface area contributed by atoms with Crippen LogP contribution in [-0.2, 0) is 0 Å². The lowest BCUT2D eigenvalue weighted by atomic mass is 10.1. The number of benzene rings is 2. The van der Waals surface area contributed by atoms with Crippen molar-refractivity contribution in [1.29, 1.82) is 0 Å². The number of anilines is 1. The van der Waals surface area contributed by atoms with Gasteiger partial charge in [0.1, 0.15) is 11.3 Å². The fraction of sp³-hybridized carbons (Fsp3) is 0.381. The minimum Gasteiger partial charge on any atom is -0.497 e. The van der Waals surface area contributed by atoms with Crippen molar-refractivity contribution in [2.75, 3.05) is 51.3 Å². The smallest absolute Gasteiger partial charge is 0.282 e. The summed E-state index contributed by atoms with van der Waals surface area (Å²) in [5.74, 6) is 0.455. The Kier molecular flexibility index (Phi) is 7.02. The van der Waals surface area contributed by atoms with Crippen LogP contribution in [0.5, 0.6) is 5.75 Å². The molecule has 0 aliphatic carbocycles. The number of rotatable bonds is 8. The average Bonchev–Trinajstić information content (AvgIpc) is 2.77. The van der Waals surface area contributed by atoms with Crippen molar-refractivity contribution in [2.45, 2.75) is 6.42 Å². The Morgan fingerprint density at radius 2 is 1.79 bits per heavy atom. The number of carbonyl (C=O) groups is 1. The first-order valence-electron chi connectivity index (χ1n) is 9.71. The van der Waals surface area contributed by atoms with Gasteiger partial charge in [0.25, 0.3) is 11.6 Å². The van der Waals surface area contributed by atoms with Crippen molar-refractivity contribution in [3.8, 4) is 5.75 Å². The summed E-state index contributed by atoms with van der Waals surface area (Å²) in [7, 11) is 1.66. The van der Waals surface area contributed by atoms with Crippen molar-refractivity contribution in [3.05, 3.63) is 64.2 Å². The maximum atomic E-state index is 12.2. The molecule has 2 aromatic carbocycles. The van der Waals surface area contributed by atoms with Crippen molar-refractivity contribution in [3.63, 3.8) is 0 Å². The molecule has 1 N–H and O–H groups in total. The van der Waals surface area contributed by atoms with Crippen molar-refractivity contribution in [2.24, 2.45) is 0 Å². The molecule has 0 unspecified atom stereocenters. The predicted molar refractivity (Wildman–Crippen MR) is 112 cm³/mol. The van der Waals surface area contributed by atoms with Gasteiger partial charge in [-0.15, -0.1) is 0 Å². The first-order chi connectivity index (χ1) is 14.1. The maximum Gasteiger partial charge on any atom is 0.282 e. The summed E-state index contributed by atoms with van der Waals surface area (Å²) in [5.41, 5.74) is 1.13. The van der Waals surface area contributed by atoms with Crippen LogP contribution < -0.4 is 15.0 Å². The van der Waals surface area contributed by atoms with Crippen molar-refractivity contribution in [1.82, 2.24) is 10.2 Å². The number of carbonyl (C=O) groups excluding carboxylic acids is 1. The molecule has 1 aliphatic rings. The van der Waals surface area contributed by atoms with E-state index in [1.165, 1.54) is 17.8 Å². The highest BCUT2D eigenvalue weighted by molar-refractivity contribution is 5.98. The predicted octanol–water partition coefficient (Wildman–Crippen LogP) is 2.55. The number of para-hydroxylation sites is 1. The lowest BCUT2D eigenvalue weighted by Gasteiger charge is -2.36. The molecule has 1 saturated heterocycles. The molecule has 1 fully saturated rings. The van der Waals surface area contributed by atoms with Gasteiger partial charge in [-0.2, -0.15) is 0 Å². The Bertz CT molecular complexity index is 833. The summed E-state index contributed by atoms with van der Waals surface area (Å²) in [6.45, 7) is 5.20. The summed E-state index contributed by atoms with van der Waals surface area (Å²) in [6, 6.07) is 14.1. The number of hydrogen-bond acceptors (Lipinski definition) is 6. The molecule has 2 aromatic rings. The highest BCUT2D eigenvalue weighted by atomic mass is 16.6. The van der Waals surface area contributed by atoms with E-state index in [0.29, 0.717) is 6.54 Å². The number of ether oxygens (including phenoxy) is 1. The molecule has 8 heteroatoms. The Morgan fingerprint density at radius 1 is 1.10 bits per heavy atom. The monoisotopic (exact) mass is 398 g/mol. The molecule has 29 heavy (non-hydrogen) atoms. The quantitative estimate of drug-likeness (QED) is 0.418. The van der Waals surface area contributed by atoms with Gasteiger partial charge in [0.05, 0.1) is 12.0 Å². The number of nitrogens with zero attached hydrogens (tertiary/aromatic N) is 3. The minimum absolute atomic E-state index is 0.102. The molecular formula is C21H26N4O4. The third kappa shape index (κ3) is 5.45. The molecule has 8 nitrogen and oxygen atoms in total. The van der Waals surface area contributed by atoms with Gasteiger partial charge in [-0.25, -0.2) is 0 Å². The molecule has 0 atom stereocenters. The highest BCUT2D eigenvalue weighted by Crippen LogP contribution is 2.20. The molecular weight excluding hydrogens is 372 g/mol. The Morgan fingerprint density at radius 3 is 2.45 bits per heavy atom.